The second-order valence-electron chi connectivity index (χ2n) is 2.94. The van der Waals surface area contributed by atoms with E-state index in [1.165, 1.54) is 6.08 Å². The highest BCUT2D eigenvalue weighted by Gasteiger charge is 2.08. The summed E-state index contributed by atoms with van der Waals surface area (Å²) in [5.41, 5.74) is 6.47. The zero-order valence-electron chi connectivity index (χ0n) is 6.79. The molecule has 0 spiro atoms. The predicted molar refractivity (Wildman–Crippen MR) is 45.2 cm³/mol. The van der Waals surface area contributed by atoms with Gasteiger partial charge in [-0.25, -0.2) is 4.39 Å². The number of rotatable bonds is 3. The molecule has 0 fully saturated rings. The Hall–Kier alpha value is -0.960. The normalized spacial score (nSPS) is 19.5. The molecule has 0 radical (unpaired) electrons. The largest absolute Gasteiger partial charge is 0.321 e. The van der Waals surface area contributed by atoms with Gasteiger partial charge in [-0.2, -0.15) is 0 Å². The second-order valence-corrected chi connectivity index (χ2v) is 2.94. The van der Waals surface area contributed by atoms with E-state index in [4.69, 9.17) is 5.73 Å². The van der Waals surface area contributed by atoms with Crippen LogP contribution < -0.4 is 5.73 Å². The van der Waals surface area contributed by atoms with E-state index in [2.05, 4.69) is 0 Å². The van der Waals surface area contributed by atoms with Gasteiger partial charge in [-0.1, -0.05) is 11.6 Å². The molecule has 2 nitrogen and oxygen atoms in total. The van der Waals surface area contributed by atoms with E-state index in [1.54, 1.807) is 6.08 Å². The van der Waals surface area contributed by atoms with Gasteiger partial charge in [0.2, 0.25) is 0 Å². The Bertz CT molecular complexity index is 233. The maximum absolute atomic E-state index is 12.5. The second kappa shape index (κ2) is 4.16. The lowest BCUT2D eigenvalue weighted by Crippen LogP contribution is -2.22. The summed E-state index contributed by atoms with van der Waals surface area (Å²) in [6.45, 7) is 0. The van der Waals surface area contributed by atoms with Gasteiger partial charge in [-0.3, -0.25) is 0 Å². The maximum atomic E-state index is 12.5. The minimum Gasteiger partial charge on any atom is -0.321 e. The van der Waals surface area contributed by atoms with Crippen molar-refractivity contribution in [2.24, 2.45) is 5.73 Å². The summed E-state index contributed by atoms with van der Waals surface area (Å²) in [5, 5.41) is 0. The van der Waals surface area contributed by atoms with Crippen molar-refractivity contribution in [1.29, 1.82) is 0 Å². The Morgan fingerprint density at radius 1 is 1.58 bits per heavy atom. The van der Waals surface area contributed by atoms with E-state index in [0.717, 1.165) is 11.9 Å². The molecule has 66 valence electrons. The Balaban J connectivity index is 2.49. The van der Waals surface area contributed by atoms with Crippen molar-refractivity contribution in [3.63, 3.8) is 0 Å². The molecule has 0 heterocycles. The summed E-state index contributed by atoms with van der Waals surface area (Å²) in [6.07, 6.45) is 5.54. The van der Waals surface area contributed by atoms with Crippen LogP contribution in [0, 0.1) is 0 Å². The van der Waals surface area contributed by atoms with E-state index >= 15 is 0 Å². The third-order valence-electron chi connectivity index (χ3n) is 1.86. The number of allylic oxidation sites excluding steroid dienone is 3. The standard InChI is InChI=1S/C9H12FNO/c10-8-3-1-7(2-4-8)5-9(11)6-12/h1,3,6,9H,2,4-5,11H2. The van der Waals surface area contributed by atoms with Crippen molar-refractivity contribution in [2.75, 3.05) is 0 Å². The molecule has 2 N–H and O–H groups in total. The number of aldehydes is 1. The summed E-state index contributed by atoms with van der Waals surface area (Å²) in [5.74, 6) is -0.0987. The molecule has 0 aliphatic heterocycles. The zero-order valence-corrected chi connectivity index (χ0v) is 6.79. The molecule has 1 rings (SSSR count). The first-order valence-corrected chi connectivity index (χ1v) is 3.97. The monoisotopic (exact) mass is 169 g/mol. The summed E-state index contributed by atoms with van der Waals surface area (Å²) in [6, 6.07) is -0.439. The number of hydrogen-bond acceptors (Lipinski definition) is 2. The zero-order chi connectivity index (χ0) is 8.97. The number of halogens is 1. The van der Waals surface area contributed by atoms with Gasteiger partial charge in [-0.15, -0.1) is 0 Å². The Kier molecular flexibility index (Phi) is 3.17. The molecule has 1 aliphatic rings. The van der Waals surface area contributed by atoms with Gasteiger partial charge in [0.15, 0.2) is 0 Å². The van der Waals surface area contributed by atoms with Crippen molar-refractivity contribution in [2.45, 2.75) is 25.3 Å². The van der Waals surface area contributed by atoms with Gasteiger partial charge in [0, 0.05) is 6.42 Å². The lowest BCUT2D eigenvalue weighted by atomic mass is 9.98. The average Bonchev–Trinajstić information content (AvgIpc) is 2.09. The van der Waals surface area contributed by atoms with Crippen LogP contribution in [-0.4, -0.2) is 12.3 Å². The first kappa shape index (κ1) is 9.13. The summed E-state index contributed by atoms with van der Waals surface area (Å²) < 4.78 is 12.5. The van der Waals surface area contributed by atoms with E-state index in [9.17, 15) is 9.18 Å². The highest BCUT2D eigenvalue weighted by Crippen LogP contribution is 2.21. The van der Waals surface area contributed by atoms with E-state index < -0.39 is 6.04 Å². The van der Waals surface area contributed by atoms with Crippen LogP contribution in [0.2, 0.25) is 0 Å². The van der Waals surface area contributed by atoms with E-state index in [0.29, 0.717) is 19.3 Å². The van der Waals surface area contributed by atoms with Crippen LogP contribution in [0.1, 0.15) is 19.3 Å². The Morgan fingerprint density at radius 2 is 2.33 bits per heavy atom. The lowest BCUT2D eigenvalue weighted by Gasteiger charge is -2.11. The number of nitrogens with two attached hydrogens (primary N) is 1. The molecule has 1 aliphatic carbocycles. The summed E-state index contributed by atoms with van der Waals surface area (Å²) in [4.78, 5) is 10.2. The van der Waals surface area contributed by atoms with E-state index in [1.807, 2.05) is 0 Å². The summed E-state index contributed by atoms with van der Waals surface area (Å²) >= 11 is 0. The third-order valence-corrected chi connectivity index (χ3v) is 1.86. The molecule has 3 heteroatoms. The van der Waals surface area contributed by atoms with Crippen LogP contribution in [0.3, 0.4) is 0 Å². The lowest BCUT2D eigenvalue weighted by molar-refractivity contribution is -0.108. The van der Waals surface area contributed by atoms with Gasteiger partial charge < -0.3 is 10.5 Å². The molecular weight excluding hydrogens is 157 g/mol. The fourth-order valence-corrected chi connectivity index (χ4v) is 1.18. The van der Waals surface area contributed by atoms with Crippen molar-refractivity contribution < 1.29 is 9.18 Å². The molecule has 12 heavy (non-hydrogen) atoms. The number of hydrogen-bond donors (Lipinski definition) is 1. The van der Waals surface area contributed by atoms with Crippen molar-refractivity contribution in [3.8, 4) is 0 Å². The van der Waals surface area contributed by atoms with Gasteiger partial charge in [-0.05, 0) is 18.9 Å². The third kappa shape index (κ3) is 2.58. The maximum Gasteiger partial charge on any atom is 0.137 e. The van der Waals surface area contributed by atoms with Gasteiger partial charge in [0.1, 0.15) is 12.1 Å². The van der Waals surface area contributed by atoms with Crippen molar-refractivity contribution >= 4 is 6.29 Å². The van der Waals surface area contributed by atoms with Crippen LogP contribution in [-0.2, 0) is 4.79 Å². The van der Waals surface area contributed by atoms with Crippen LogP contribution in [0.25, 0.3) is 0 Å². The highest BCUT2D eigenvalue weighted by molar-refractivity contribution is 5.57. The average molecular weight is 169 g/mol. The highest BCUT2D eigenvalue weighted by atomic mass is 19.1. The van der Waals surface area contributed by atoms with Crippen molar-refractivity contribution in [1.82, 2.24) is 0 Å². The van der Waals surface area contributed by atoms with E-state index in [-0.39, 0.29) is 5.83 Å². The van der Waals surface area contributed by atoms with Gasteiger partial charge in [0.05, 0.1) is 6.04 Å². The van der Waals surface area contributed by atoms with Crippen LogP contribution in [0.4, 0.5) is 4.39 Å². The number of carbonyl (C=O) groups is 1. The Morgan fingerprint density at radius 3 is 2.83 bits per heavy atom. The van der Waals surface area contributed by atoms with Gasteiger partial charge in [0.25, 0.3) is 0 Å². The fourth-order valence-electron chi connectivity index (χ4n) is 1.18. The smallest absolute Gasteiger partial charge is 0.137 e. The topological polar surface area (TPSA) is 43.1 Å². The molecule has 0 bridgehead atoms. The first-order chi connectivity index (χ1) is 5.72. The minimum absolute atomic E-state index is 0.0987. The fraction of sp³-hybridized carbons (Fsp3) is 0.444. The predicted octanol–water partition coefficient (Wildman–Crippen LogP) is 1.48. The number of carbonyl (C=O) groups excluding carboxylic acids is 1. The van der Waals surface area contributed by atoms with Crippen LogP contribution >= 0.6 is 0 Å². The van der Waals surface area contributed by atoms with Gasteiger partial charge >= 0.3 is 0 Å². The minimum atomic E-state index is -0.439. The molecule has 0 amide bonds. The SMILES string of the molecule is NC(C=O)CC1=CC=C(F)CC1. The molecule has 0 aromatic heterocycles. The molecule has 0 aromatic carbocycles. The Labute approximate surface area is 70.9 Å². The van der Waals surface area contributed by atoms with Crippen molar-refractivity contribution in [3.05, 3.63) is 23.6 Å². The summed E-state index contributed by atoms with van der Waals surface area (Å²) in [7, 11) is 0. The molecular formula is C9H12FNO. The molecule has 1 atom stereocenters. The molecule has 0 aromatic rings. The molecule has 0 saturated carbocycles. The quantitative estimate of drug-likeness (QED) is 0.650. The molecule has 0 saturated heterocycles. The first-order valence-electron chi connectivity index (χ1n) is 3.97. The van der Waals surface area contributed by atoms with Crippen LogP contribution in [0.15, 0.2) is 23.6 Å². The molecule has 1 unspecified atom stereocenters. The van der Waals surface area contributed by atoms with Crippen LogP contribution in [0.5, 0.6) is 0 Å².